The van der Waals surface area contributed by atoms with E-state index >= 15 is 0 Å². The van der Waals surface area contributed by atoms with Crippen LogP contribution in [0.5, 0.6) is 0 Å². The van der Waals surface area contributed by atoms with E-state index in [9.17, 15) is 14.0 Å². The van der Waals surface area contributed by atoms with Crippen LogP contribution in [-0.2, 0) is 19.1 Å². The summed E-state index contributed by atoms with van der Waals surface area (Å²) in [6.07, 6.45) is 1.23. The molecule has 0 N–H and O–H groups in total. The minimum atomic E-state index is -1.28. The highest BCUT2D eigenvalue weighted by atomic mass is 19.1. The van der Waals surface area contributed by atoms with Crippen molar-refractivity contribution >= 4 is 17.6 Å². The van der Waals surface area contributed by atoms with Gasteiger partial charge in [0, 0.05) is 13.8 Å². The Bertz CT molecular complexity index is 616. The molecule has 2 rings (SSSR count). The molecule has 0 atom stereocenters. The third-order valence-electron chi connectivity index (χ3n) is 2.52. The van der Waals surface area contributed by atoms with Crippen molar-refractivity contribution in [2.75, 3.05) is 6.54 Å². The Morgan fingerprint density at radius 1 is 1.19 bits per heavy atom. The first kappa shape index (κ1) is 14.8. The van der Waals surface area contributed by atoms with Gasteiger partial charge in [0.2, 0.25) is 0 Å². The summed E-state index contributed by atoms with van der Waals surface area (Å²) in [4.78, 5) is 23.2. The minimum absolute atomic E-state index is 0.0748. The molecule has 1 saturated heterocycles. The lowest BCUT2D eigenvalue weighted by molar-refractivity contribution is -0.222. The van der Waals surface area contributed by atoms with Crippen molar-refractivity contribution in [1.82, 2.24) is 0 Å². The van der Waals surface area contributed by atoms with E-state index < -0.39 is 23.5 Å². The summed E-state index contributed by atoms with van der Waals surface area (Å²) < 4.78 is 23.1. The van der Waals surface area contributed by atoms with Crippen LogP contribution in [0.3, 0.4) is 0 Å². The summed E-state index contributed by atoms with van der Waals surface area (Å²) in [7, 11) is 0. The maximum absolute atomic E-state index is 13.3. The molecule has 7 heteroatoms. The number of carbonyl (C=O) groups is 2. The lowest BCUT2D eigenvalue weighted by Crippen LogP contribution is -2.41. The zero-order chi connectivity index (χ0) is 15.5. The van der Waals surface area contributed by atoms with Gasteiger partial charge in [0.1, 0.15) is 11.3 Å². The summed E-state index contributed by atoms with van der Waals surface area (Å²) in [5.41, 5.74) is -0.173. The Labute approximate surface area is 120 Å². The Kier molecular flexibility index (Phi) is 4.11. The molecule has 0 spiro atoms. The predicted molar refractivity (Wildman–Crippen MR) is 70.1 cm³/mol. The van der Waals surface area contributed by atoms with Crippen molar-refractivity contribution < 1.29 is 23.5 Å². The van der Waals surface area contributed by atoms with E-state index in [1.165, 1.54) is 38.1 Å². The zero-order valence-electron chi connectivity index (χ0n) is 11.5. The van der Waals surface area contributed by atoms with Crippen molar-refractivity contribution in [3.63, 3.8) is 0 Å². The van der Waals surface area contributed by atoms with E-state index in [2.05, 4.69) is 10.2 Å². The Morgan fingerprint density at radius 3 is 2.43 bits per heavy atom. The van der Waals surface area contributed by atoms with Crippen LogP contribution in [0.25, 0.3) is 0 Å². The van der Waals surface area contributed by atoms with Crippen LogP contribution in [-0.4, -0.2) is 24.3 Å². The average molecular weight is 292 g/mol. The largest absolute Gasteiger partial charge is 0.419 e. The van der Waals surface area contributed by atoms with Crippen molar-refractivity contribution in [1.29, 1.82) is 0 Å². The molecular weight excluding hydrogens is 279 g/mol. The van der Waals surface area contributed by atoms with Crippen molar-refractivity contribution in [3.05, 3.63) is 41.7 Å². The van der Waals surface area contributed by atoms with Gasteiger partial charge in [0.25, 0.3) is 5.79 Å². The van der Waals surface area contributed by atoms with Crippen LogP contribution in [0.2, 0.25) is 0 Å². The SMILES string of the molecule is CC1(C)OC(=O)C(=CCN=Nc2ccccc2F)C(=O)O1. The molecule has 1 aliphatic heterocycles. The average Bonchev–Trinajstić information content (AvgIpc) is 2.37. The van der Waals surface area contributed by atoms with E-state index in [4.69, 9.17) is 9.47 Å². The number of hydrogen-bond acceptors (Lipinski definition) is 6. The highest BCUT2D eigenvalue weighted by Crippen LogP contribution is 2.22. The van der Waals surface area contributed by atoms with Crippen molar-refractivity contribution in [2.45, 2.75) is 19.6 Å². The van der Waals surface area contributed by atoms with Gasteiger partial charge in [-0.3, -0.25) is 0 Å². The molecule has 0 aromatic heterocycles. The van der Waals surface area contributed by atoms with Crippen LogP contribution < -0.4 is 0 Å². The molecule has 0 radical (unpaired) electrons. The number of rotatable bonds is 3. The predicted octanol–water partition coefficient (Wildman–Crippen LogP) is 2.67. The van der Waals surface area contributed by atoms with Gasteiger partial charge in [-0.25, -0.2) is 14.0 Å². The summed E-state index contributed by atoms with van der Waals surface area (Å²) in [6.45, 7) is 2.84. The van der Waals surface area contributed by atoms with Gasteiger partial charge in [-0.1, -0.05) is 12.1 Å². The van der Waals surface area contributed by atoms with Crippen LogP contribution in [0, 0.1) is 5.82 Å². The number of ether oxygens (including phenoxy) is 2. The molecule has 1 aromatic carbocycles. The molecule has 6 nitrogen and oxygen atoms in total. The van der Waals surface area contributed by atoms with Gasteiger partial charge in [-0.05, 0) is 18.2 Å². The van der Waals surface area contributed by atoms with E-state index in [1.54, 1.807) is 6.07 Å². The number of esters is 2. The smallest absolute Gasteiger partial charge is 0.348 e. The highest BCUT2D eigenvalue weighted by molar-refractivity contribution is 6.15. The monoisotopic (exact) mass is 292 g/mol. The second-order valence-corrected chi connectivity index (χ2v) is 4.67. The number of hydrogen-bond donors (Lipinski definition) is 0. The Morgan fingerprint density at radius 2 is 1.81 bits per heavy atom. The van der Waals surface area contributed by atoms with E-state index in [0.29, 0.717) is 0 Å². The first-order chi connectivity index (χ1) is 9.89. The zero-order valence-corrected chi connectivity index (χ0v) is 11.5. The molecule has 0 saturated carbocycles. The number of carbonyl (C=O) groups excluding carboxylic acids is 2. The summed E-state index contributed by atoms with van der Waals surface area (Å²) in [5, 5.41) is 7.36. The molecule has 21 heavy (non-hydrogen) atoms. The number of nitrogens with zero attached hydrogens (tertiary/aromatic N) is 2. The summed E-state index contributed by atoms with van der Waals surface area (Å²) in [6, 6.07) is 5.86. The van der Waals surface area contributed by atoms with Crippen molar-refractivity contribution in [3.8, 4) is 0 Å². The van der Waals surface area contributed by atoms with Gasteiger partial charge in [-0.2, -0.15) is 10.2 Å². The van der Waals surface area contributed by atoms with Crippen LogP contribution in [0.4, 0.5) is 10.1 Å². The third kappa shape index (κ3) is 3.71. The van der Waals surface area contributed by atoms with Gasteiger partial charge in [0.15, 0.2) is 5.82 Å². The standard InChI is InChI=1S/C14H13FN2O4/c1-14(2)20-12(18)9(13(19)21-14)7-8-16-17-11-6-4-3-5-10(11)15/h3-7H,8H2,1-2H3. The van der Waals surface area contributed by atoms with Crippen LogP contribution in [0.15, 0.2) is 46.1 Å². The summed E-state index contributed by atoms with van der Waals surface area (Å²) in [5.74, 6) is -3.35. The lowest BCUT2D eigenvalue weighted by atomic mass is 10.2. The molecule has 0 amide bonds. The number of benzene rings is 1. The quantitative estimate of drug-likeness (QED) is 0.371. The molecule has 1 aromatic rings. The Balaban J connectivity index is 2.03. The second kappa shape index (κ2) is 5.82. The molecule has 0 aliphatic carbocycles. The van der Waals surface area contributed by atoms with E-state index in [-0.39, 0.29) is 17.8 Å². The molecule has 1 fully saturated rings. The van der Waals surface area contributed by atoms with Gasteiger partial charge < -0.3 is 9.47 Å². The van der Waals surface area contributed by atoms with E-state index in [1.807, 2.05) is 0 Å². The molecule has 110 valence electrons. The number of cyclic esters (lactones) is 2. The fourth-order valence-corrected chi connectivity index (χ4v) is 1.61. The van der Waals surface area contributed by atoms with E-state index in [0.717, 1.165) is 0 Å². The normalized spacial score (nSPS) is 17.6. The molecular formula is C14H13FN2O4. The van der Waals surface area contributed by atoms with Crippen molar-refractivity contribution in [2.24, 2.45) is 10.2 Å². The second-order valence-electron chi connectivity index (χ2n) is 4.67. The van der Waals surface area contributed by atoms with Gasteiger partial charge in [0.05, 0.1) is 6.54 Å². The topological polar surface area (TPSA) is 77.3 Å². The maximum Gasteiger partial charge on any atom is 0.348 e. The summed E-state index contributed by atoms with van der Waals surface area (Å²) >= 11 is 0. The Hall–Kier alpha value is -2.57. The fraction of sp³-hybridized carbons (Fsp3) is 0.286. The fourth-order valence-electron chi connectivity index (χ4n) is 1.61. The van der Waals surface area contributed by atoms with Gasteiger partial charge in [-0.15, -0.1) is 0 Å². The molecule has 0 unspecified atom stereocenters. The first-order valence-corrected chi connectivity index (χ1v) is 6.18. The highest BCUT2D eigenvalue weighted by Gasteiger charge is 2.38. The maximum atomic E-state index is 13.3. The third-order valence-corrected chi connectivity index (χ3v) is 2.52. The molecule has 1 heterocycles. The molecule has 1 aliphatic rings. The number of azo groups is 1. The lowest BCUT2D eigenvalue weighted by Gasteiger charge is -2.29. The minimum Gasteiger partial charge on any atom is -0.419 e. The number of halogens is 1. The van der Waals surface area contributed by atoms with Crippen LogP contribution in [0.1, 0.15) is 13.8 Å². The first-order valence-electron chi connectivity index (χ1n) is 6.18. The van der Waals surface area contributed by atoms with Crippen LogP contribution >= 0.6 is 0 Å². The van der Waals surface area contributed by atoms with Gasteiger partial charge >= 0.3 is 11.9 Å². The molecule has 0 bridgehead atoms.